The van der Waals surface area contributed by atoms with Crippen LogP contribution in [0.2, 0.25) is 0 Å². The molecule has 0 aromatic carbocycles. The molecule has 0 N–H and O–H groups in total. The maximum absolute atomic E-state index is 12.7. The van der Waals surface area contributed by atoms with Gasteiger partial charge >= 0.3 is 11.9 Å². The van der Waals surface area contributed by atoms with E-state index in [-0.39, 0.29) is 26.1 Å². The summed E-state index contributed by atoms with van der Waals surface area (Å²) in [6.45, 7) is 4.08. The number of rotatable bonds is 53. The van der Waals surface area contributed by atoms with Crippen molar-refractivity contribution in [2.24, 2.45) is 0 Å². The molecule has 0 aliphatic carbocycles. The molecule has 0 aromatic rings. The van der Waals surface area contributed by atoms with Crippen molar-refractivity contribution in [1.82, 2.24) is 0 Å². The van der Waals surface area contributed by atoms with Crippen LogP contribution in [0.4, 0.5) is 0 Å². The number of unbranched alkanes of at least 4 members (excludes halogenated alkanes) is 29. The lowest BCUT2D eigenvalue weighted by Crippen LogP contribution is -2.37. The average molecular weight is 1000 g/mol. The first-order chi connectivity index (χ1) is 34.0. The van der Waals surface area contributed by atoms with E-state index in [0.29, 0.717) is 23.9 Å². The van der Waals surface area contributed by atoms with Crippen molar-refractivity contribution in [3.05, 3.63) is 60.8 Å². The summed E-state index contributed by atoms with van der Waals surface area (Å²) >= 11 is 0. The summed E-state index contributed by atoms with van der Waals surface area (Å²) < 4.78 is 34.0. The van der Waals surface area contributed by atoms with Crippen molar-refractivity contribution < 1.29 is 42.1 Å². The zero-order valence-electron chi connectivity index (χ0n) is 46.2. The van der Waals surface area contributed by atoms with Gasteiger partial charge in [-0.2, -0.15) is 0 Å². The molecular formula is C60H110NO8P. The number of phosphoric acid groups is 1. The van der Waals surface area contributed by atoms with Crippen LogP contribution in [0.15, 0.2) is 60.8 Å². The molecule has 408 valence electrons. The lowest BCUT2D eigenvalue weighted by Gasteiger charge is -2.28. The van der Waals surface area contributed by atoms with E-state index < -0.39 is 32.5 Å². The minimum Gasteiger partial charge on any atom is -0.756 e. The molecule has 0 bridgehead atoms. The molecule has 0 fully saturated rings. The van der Waals surface area contributed by atoms with Crippen LogP contribution < -0.4 is 4.89 Å². The van der Waals surface area contributed by atoms with Gasteiger partial charge in [0.1, 0.15) is 19.8 Å². The quantitative estimate of drug-likeness (QED) is 0.0195. The highest BCUT2D eigenvalue weighted by Gasteiger charge is 2.21. The monoisotopic (exact) mass is 1000 g/mol. The Morgan fingerprint density at radius 1 is 0.457 bits per heavy atom. The van der Waals surface area contributed by atoms with Crippen LogP contribution in [-0.4, -0.2) is 70.0 Å². The third-order valence-corrected chi connectivity index (χ3v) is 13.5. The van der Waals surface area contributed by atoms with Gasteiger partial charge in [-0.15, -0.1) is 0 Å². The summed E-state index contributed by atoms with van der Waals surface area (Å²) in [5.74, 6) is -0.895. The molecule has 10 heteroatoms. The molecule has 0 rings (SSSR count). The van der Waals surface area contributed by atoms with Gasteiger partial charge in [-0.25, -0.2) is 0 Å². The molecule has 0 aliphatic heterocycles. The Bertz CT molecular complexity index is 1370. The number of likely N-dealkylation sites (N-methyl/N-ethyl adjacent to an activating group) is 1. The van der Waals surface area contributed by atoms with Gasteiger partial charge in [0.2, 0.25) is 0 Å². The Balaban J connectivity index is 4.11. The molecule has 0 aliphatic rings. The fourth-order valence-electron chi connectivity index (χ4n) is 8.11. The number of esters is 2. The molecule has 0 spiro atoms. The smallest absolute Gasteiger partial charge is 0.306 e. The Morgan fingerprint density at radius 2 is 0.814 bits per heavy atom. The topological polar surface area (TPSA) is 111 Å². The number of nitrogens with zero attached hydrogens (tertiary/aromatic N) is 1. The van der Waals surface area contributed by atoms with Gasteiger partial charge in [0, 0.05) is 12.8 Å². The second-order valence-electron chi connectivity index (χ2n) is 20.6. The molecule has 70 heavy (non-hydrogen) atoms. The van der Waals surface area contributed by atoms with Crippen LogP contribution in [0.1, 0.15) is 258 Å². The predicted molar refractivity (Wildman–Crippen MR) is 296 cm³/mol. The maximum atomic E-state index is 12.7. The van der Waals surface area contributed by atoms with Crippen molar-refractivity contribution in [2.45, 2.75) is 264 Å². The first-order valence-electron chi connectivity index (χ1n) is 29.0. The normalized spacial score (nSPS) is 13.7. The first kappa shape index (κ1) is 67.7. The van der Waals surface area contributed by atoms with E-state index in [4.69, 9.17) is 18.5 Å². The molecular weight excluding hydrogens is 894 g/mol. The molecule has 0 aromatic heterocycles. The third-order valence-electron chi connectivity index (χ3n) is 12.6. The number of hydrogen-bond donors (Lipinski definition) is 0. The summed E-state index contributed by atoms with van der Waals surface area (Å²) in [5.41, 5.74) is 0. The summed E-state index contributed by atoms with van der Waals surface area (Å²) in [7, 11) is 1.13. The van der Waals surface area contributed by atoms with Crippen molar-refractivity contribution in [3.63, 3.8) is 0 Å². The molecule has 9 nitrogen and oxygen atoms in total. The zero-order valence-corrected chi connectivity index (χ0v) is 47.1. The molecule has 0 amide bonds. The number of allylic oxidation sites excluding steroid dienone is 10. The van der Waals surface area contributed by atoms with Gasteiger partial charge in [-0.3, -0.25) is 14.2 Å². The highest BCUT2D eigenvalue weighted by atomic mass is 31.2. The predicted octanol–water partition coefficient (Wildman–Crippen LogP) is 17.3. The Morgan fingerprint density at radius 3 is 1.20 bits per heavy atom. The van der Waals surface area contributed by atoms with Crippen LogP contribution in [0.3, 0.4) is 0 Å². The fraction of sp³-hybridized carbons (Fsp3) is 0.800. The number of quaternary nitrogens is 1. The second kappa shape index (κ2) is 51.6. The molecule has 0 radical (unpaired) electrons. The van der Waals surface area contributed by atoms with Gasteiger partial charge < -0.3 is 27.9 Å². The lowest BCUT2D eigenvalue weighted by molar-refractivity contribution is -0.870. The van der Waals surface area contributed by atoms with E-state index in [2.05, 4.69) is 68.5 Å². The maximum Gasteiger partial charge on any atom is 0.306 e. The van der Waals surface area contributed by atoms with Gasteiger partial charge in [0.25, 0.3) is 7.82 Å². The Hall–Kier alpha value is -2.29. The van der Waals surface area contributed by atoms with Gasteiger partial charge in [-0.05, 0) is 51.4 Å². The average Bonchev–Trinajstić information content (AvgIpc) is 3.32. The standard InChI is InChI=1S/C60H110NO8P/c1-6-8-10-12-14-16-18-20-22-24-25-26-27-28-29-30-31-32-33-34-35-37-38-40-42-44-46-48-50-52-59(62)66-56-58(57-68-70(64,65)67-55-54-61(3,4)5)69-60(63)53-51-49-47-45-43-41-39-36-23-21-19-17-15-13-11-9-7-2/h9,11,15,17,21,23,39,41,45,47,58H,6-8,10,12-14,16,18-20,22,24-38,40,42-44,46,48-57H2,1-5H3/b11-9-,17-15-,23-21-,41-39-,47-45-. The van der Waals surface area contributed by atoms with Crippen LogP contribution in [-0.2, 0) is 32.7 Å². The highest BCUT2D eigenvalue weighted by Crippen LogP contribution is 2.38. The van der Waals surface area contributed by atoms with Crippen LogP contribution in [0.25, 0.3) is 0 Å². The van der Waals surface area contributed by atoms with Crippen molar-refractivity contribution in [3.8, 4) is 0 Å². The molecule has 0 heterocycles. The number of phosphoric ester groups is 1. The Labute approximate surface area is 432 Å². The minimum atomic E-state index is -4.65. The summed E-state index contributed by atoms with van der Waals surface area (Å²) in [4.78, 5) is 37.8. The SMILES string of the molecule is CC/C=C\C/C=C\C/C=C\C/C=C\C/C=C\CCCC(=O)OC(COC(=O)CCCCCCCCCCCCCCCCCCCCCCCCCCCCCCC)COP(=O)([O-])OCC[N+](C)(C)C. The van der Waals surface area contributed by atoms with Gasteiger partial charge in [-0.1, -0.05) is 254 Å². The van der Waals surface area contributed by atoms with E-state index in [1.807, 2.05) is 27.2 Å². The highest BCUT2D eigenvalue weighted by molar-refractivity contribution is 7.45. The van der Waals surface area contributed by atoms with Crippen LogP contribution >= 0.6 is 7.82 Å². The van der Waals surface area contributed by atoms with Gasteiger partial charge in [0.05, 0.1) is 27.7 Å². The first-order valence-corrected chi connectivity index (χ1v) is 30.5. The molecule has 0 saturated carbocycles. The van der Waals surface area contributed by atoms with E-state index in [0.717, 1.165) is 51.4 Å². The fourth-order valence-corrected chi connectivity index (χ4v) is 8.83. The number of carbonyl (C=O) groups excluding carboxylic acids is 2. The molecule has 2 unspecified atom stereocenters. The number of hydrogen-bond acceptors (Lipinski definition) is 8. The van der Waals surface area contributed by atoms with Gasteiger partial charge in [0.15, 0.2) is 6.10 Å². The van der Waals surface area contributed by atoms with Crippen molar-refractivity contribution in [1.29, 1.82) is 0 Å². The second-order valence-corrected chi connectivity index (χ2v) is 22.0. The van der Waals surface area contributed by atoms with E-state index in [1.165, 1.54) is 167 Å². The number of carbonyl (C=O) groups is 2. The largest absolute Gasteiger partial charge is 0.756 e. The molecule has 2 atom stereocenters. The van der Waals surface area contributed by atoms with E-state index in [9.17, 15) is 19.0 Å². The van der Waals surface area contributed by atoms with Crippen LogP contribution in [0.5, 0.6) is 0 Å². The Kier molecular flexibility index (Phi) is 49.9. The summed E-state index contributed by atoms with van der Waals surface area (Å²) in [5, 5.41) is 0. The van der Waals surface area contributed by atoms with E-state index >= 15 is 0 Å². The summed E-state index contributed by atoms with van der Waals surface area (Å²) in [6.07, 6.45) is 65.8. The van der Waals surface area contributed by atoms with Crippen molar-refractivity contribution in [2.75, 3.05) is 47.5 Å². The minimum absolute atomic E-state index is 0.0425. The number of ether oxygens (including phenoxy) is 2. The molecule has 0 saturated heterocycles. The zero-order chi connectivity index (χ0) is 51.3. The lowest BCUT2D eigenvalue weighted by atomic mass is 10.0. The van der Waals surface area contributed by atoms with Crippen LogP contribution in [0, 0.1) is 0 Å². The third kappa shape index (κ3) is 55.0. The van der Waals surface area contributed by atoms with Crippen molar-refractivity contribution >= 4 is 19.8 Å². The van der Waals surface area contributed by atoms with E-state index in [1.54, 1.807) is 0 Å². The summed E-state index contributed by atoms with van der Waals surface area (Å²) in [6, 6.07) is 0.